The number of nitrogens with zero attached hydrogens (tertiary/aromatic N) is 2. The summed E-state index contributed by atoms with van der Waals surface area (Å²) in [6.07, 6.45) is 0.375. The Hall–Kier alpha value is -1.81. The minimum atomic E-state index is -0.539. The smallest absolute Gasteiger partial charge is 0.130 e. The Morgan fingerprint density at radius 2 is 2.10 bits per heavy atom. The van der Waals surface area contributed by atoms with Crippen LogP contribution in [0, 0.1) is 6.92 Å². The topological polar surface area (TPSA) is 47.3 Å². The van der Waals surface area contributed by atoms with Crippen LogP contribution < -0.4 is 4.74 Å². The number of aliphatic hydroxyl groups excluding tert-OH is 1. The van der Waals surface area contributed by atoms with E-state index >= 15 is 0 Å². The molecule has 0 saturated carbocycles. The summed E-state index contributed by atoms with van der Waals surface area (Å²) >= 11 is 0. The number of aliphatic hydroxyl groups is 1. The van der Waals surface area contributed by atoms with Crippen LogP contribution in [0.25, 0.3) is 0 Å². The third kappa shape index (κ3) is 3.20. The van der Waals surface area contributed by atoms with Crippen LogP contribution in [0.3, 0.4) is 0 Å². The van der Waals surface area contributed by atoms with Gasteiger partial charge in [-0.25, -0.2) is 0 Å². The van der Waals surface area contributed by atoms with E-state index in [9.17, 15) is 5.11 Å². The van der Waals surface area contributed by atoms with Crippen molar-refractivity contribution in [1.82, 2.24) is 9.78 Å². The standard InChI is InChI=1S/C16H22N2O2/c1-5-13-9-14(18(4)17-13)10-20-16-7-6-11(2)8-15(16)12(3)19/h6-9,12,19H,5,10H2,1-4H3/t12-/m1/s1. The second-order valence-electron chi connectivity index (χ2n) is 5.11. The van der Waals surface area contributed by atoms with Gasteiger partial charge >= 0.3 is 0 Å². The highest BCUT2D eigenvalue weighted by Gasteiger charge is 2.11. The highest BCUT2D eigenvalue weighted by Crippen LogP contribution is 2.27. The lowest BCUT2D eigenvalue weighted by molar-refractivity contribution is 0.189. The number of aryl methyl sites for hydroxylation is 3. The van der Waals surface area contributed by atoms with Crippen LogP contribution >= 0.6 is 0 Å². The van der Waals surface area contributed by atoms with Gasteiger partial charge in [-0.15, -0.1) is 0 Å². The molecule has 1 N–H and O–H groups in total. The van der Waals surface area contributed by atoms with Gasteiger partial charge in [0.25, 0.3) is 0 Å². The van der Waals surface area contributed by atoms with Crippen LogP contribution in [0.2, 0.25) is 0 Å². The molecule has 0 aliphatic heterocycles. The molecule has 0 fully saturated rings. The minimum absolute atomic E-state index is 0.451. The first-order chi connectivity index (χ1) is 9.51. The molecule has 1 atom stereocenters. The molecule has 0 spiro atoms. The van der Waals surface area contributed by atoms with Crippen LogP contribution in [-0.2, 0) is 20.1 Å². The Bertz CT molecular complexity index is 588. The molecule has 4 heteroatoms. The molecular formula is C16H22N2O2. The average molecular weight is 274 g/mol. The fraction of sp³-hybridized carbons (Fsp3) is 0.438. The summed E-state index contributed by atoms with van der Waals surface area (Å²) in [6.45, 7) is 6.29. The summed E-state index contributed by atoms with van der Waals surface area (Å²) < 4.78 is 7.70. The molecule has 0 radical (unpaired) electrons. The van der Waals surface area contributed by atoms with E-state index in [4.69, 9.17) is 4.74 Å². The van der Waals surface area contributed by atoms with Gasteiger partial charge in [0, 0.05) is 12.6 Å². The maximum Gasteiger partial charge on any atom is 0.130 e. The minimum Gasteiger partial charge on any atom is -0.487 e. The van der Waals surface area contributed by atoms with Crippen molar-refractivity contribution in [2.24, 2.45) is 7.05 Å². The van der Waals surface area contributed by atoms with Crippen molar-refractivity contribution in [2.75, 3.05) is 0 Å². The summed E-state index contributed by atoms with van der Waals surface area (Å²) in [6, 6.07) is 7.91. The molecule has 0 unspecified atom stereocenters. The third-order valence-corrected chi connectivity index (χ3v) is 3.38. The zero-order chi connectivity index (χ0) is 14.7. The molecule has 20 heavy (non-hydrogen) atoms. The van der Waals surface area contributed by atoms with Gasteiger partial charge < -0.3 is 9.84 Å². The Labute approximate surface area is 120 Å². The normalized spacial score (nSPS) is 12.4. The summed E-state index contributed by atoms with van der Waals surface area (Å²) in [5.74, 6) is 0.727. The first-order valence-corrected chi connectivity index (χ1v) is 6.94. The Balaban J connectivity index is 2.16. The summed E-state index contributed by atoms with van der Waals surface area (Å²) in [5, 5.41) is 14.2. The van der Waals surface area contributed by atoms with Crippen LogP contribution in [0.5, 0.6) is 5.75 Å². The van der Waals surface area contributed by atoms with E-state index in [1.165, 1.54) is 0 Å². The fourth-order valence-electron chi connectivity index (χ4n) is 2.16. The van der Waals surface area contributed by atoms with Crippen LogP contribution in [0.4, 0.5) is 0 Å². The van der Waals surface area contributed by atoms with Gasteiger partial charge in [-0.1, -0.05) is 18.6 Å². The predicted octanol–water partition coefficient (Wildman–Crippen LogP) is 2.92. The zero-order valence-corrected chi connectivity index (χ0v) is 12.6. The highest BCUT2D eigenvalue weighted by atomic mass is 16.5. The Kier molecular flexibility index (Phi) is 4.45. The number of hydrogen-bond acceptors (Lipinski definition) is 3. The molecule has 2 aromatic rings. The van der Waals surface area contributed by atoms with E-state index in [0.717, 1.165) is 34.7 Å². The van der Waals surface area contributed by atoms with E-state index < -0.39 is 6.10 Å². The molecular weight excluding hydrogens is 252 g/mol. The van der Waals surface area contributed by atoms with E-state index in [-0.39, 0.29) is 0 Å². The average Bonchev–Trinajstić information content (AvgIpc) is 2.78. The molecule has 0 aliphatic rings. The molecule has 1 heterocycles. The highest BCUT2D eigenvalue weighted by molar-refractivity contribution is 5.38. The van der Waals surface area contributed by atoms with Crippen molar-refractivity contribution in [2.45, 2.75) is 39.9 Å². The maximum absolute atomic E-state index is 9.83. The Morgan fingerprint density at radius 3 is 2.70 bits per heavy atom. The van der Waals surface area contributed by atoms with Gasteiger partial charge in [-0.05, 0) is 38.5 Å². The van der Waals surface area contributed by atoms with Gasteiger partial charge in [-0.2, -0.15) is 5.10 Å². The van der Waals surface area contributed by atoms with Crippen molar-refractivity contribution < 1.29 is 9.84 Å². The molecule has 0 aliphatic carbocycles. The van der Waals surface area contributed by atoms with Gasteiger partial charge in [0.15, 0.2) is 0 Å². The first-order valence-electron chi connectivity index (χ1n) is 6.94. The molecule has 0 amide bonds. The van der Waals surface area contributed by atoms with Gasteiger partial charge in [0.2, 0.25) is 0 Å². The summed E-state index contributed by atoms with van der Waals surface area (Å²) in [4.78, 5) is 0. The van der Waals surface area contributed by atoms with Crippen molar-refractivity contribution >= 4 is 0 Å². The van der Waals surface area contributed by atoms with E-state index in [2.05, 4.69) is 18.1 Å². The second-order valence-corrected chi connectivity index (χ2v) is 5.11. The van der Waals surface area contributed by atoms with Crippen LogP contribution in [-0.4, -0.2) is 14.9 Å². The molecule has 1 aromatic heterocycles. The van der Waals surface area contributed by atoms with Crippen molar-refractivity contribution in [1.29, 1.82) is 0 Å². The SMILES string of the molecule is CCc1cc(COc2ccc(C)cc2[C@@H](C)O)n(C)n1. The van der Waals surface area contributed by atoms with Crippen molar-refractivity contribution in [3.8, 4) is 5.75 Å². The van der Waals surface area contributed by atoms with Crippen LogP contribution in [0.15, 0.2) is 24.3 Å². The number of ether oxygens (including phenoxy) is 1. The molecule has 4 nitrogen and oxygen atoms in total. The maximum atomic E-state index is 9.83. The van der Waals surface area contributed by atoms with Gasteiger partial charge in [0.05, 0.1) is 17.5 Å². The van der Waals surface area contributed by atoms with E-state index in [1.807, 2.05) is 36.9 Å². The largest absolute Gasteiger partial charge is 0.487 e. The fourth-order valence-corrected chi connectivity index (χ4v) is 2.16. The van der Waals surface area contributed by atoms with Crippen molar-refractivity contribution in [3.05, 3.63) is 46.8 Å². The quantitative estimate of drug-likeness (QED) is 0.912. The Morgan fingerprint density at radius 1 is 1.35 bits per heavy atom. The summed E-state index contributed by atoms with van der Waals surface area (Å²) in [5.41, 5.74) is 4.02. The second kappa shape index (κ2) is 6.09. The summed E-state index contributed by atoms with van der Waals surface area (Å²) in [7, 11) is 1.92. The monoisotopic (exact) mass is 274 g/mol. The number of hydrogen-bond donors (Lipinski definition) is 1. The van der Waals surface area contributed by atoms with Crippen molar-refractivity contribution in [3.63, 3.8) is 0 Å². The number of benzene rings is 1. The molecule has 0 saturated heterocycles. The van der Waals surface area contributed by atoms with E-state index in [0.29, 0.717) is 6.61 Å². The van der Waals surface area contributed by atoms with Gasteiger partial charge in [-0.3, -0.25) is 4.68 Å². The number of rotatable bonds is 5. The molecule has 108 valence electrons. The lowest BCUT2D eigenvalue weighted by Crippen LogP contribution is -2.05. The first kappa shape index (κ1) is 14.6. The molecule has 0 bridgehead atoms. The van der Waals surface area contributed by atoms with Crippen LogP contribution in [0.1, 0.15) is 42.5 Å². The molecule has 2 rings (SSSR count). The predicted molar refractivity (Wildman–Crippen MR) is 78.7 cm³/mol. The lowest BCUT2D eigenvalue weighted by Gasteiger charge is -2.14. The van der Waals surface area contributed by atoms with Gasteiger partial charge in [0.1, 0.15) is 12.4 Å². The number of aromatic nitrogens is 2. The third-order valence-electron chi connectivity index (χ3n) is 3.38. The zero-order valence-electron chi connectivity index (χ0n) is 12.6. The lowest BCUT2D eigenvalue weighted by atomic mass is 10.1. The molecule has 1 aromatic carbocycles. The van der Waals surface area contributed by atoms with E-state index in [1.54, 1.807) is 6.92 Å².